The van der Waals surface area contributed by atoms with Gasteiger partial charge >= 0.3 is 5.97 Å². The zero-order chi connectivity index (χ0) is 22.9. The third kappa shape index (κ3) is 6.27. The third-order valence-corrected chi connectivity index (χ3v) is 6.26. The molecule has 8 heteroatoms. The zero-order valence-electron chi connectivity index (χ0n) is 18.4. The minimum absolute atomic E-state index is 0.151. The molecule has 0 saturated carbocycles. The number of ether oxygens (including phenoxy) is 1. The Morgan fingerprint density at radius 3 is 2.59 bits per heavy atom. The lowest BCUT2D eigenvalue weighted by Crippen LogP contribution is -2.24. The van der Waals surface area contributed by atoms with Crippen LogP contribution in [-0.4, -0.2) is 38.3 Å². The molecular formula is C24H27N3O3S2. The highest BCUT2D eigenvalue weighted by molar-refractivity contribution is 7.99. The Balaban J connectivity index is 1.69. The van der Waals surface area contributed by atoms with Crippen LogP contribution in [0.5, 0.6) is 0 Å². The normalized spacial score (nSPS) is 10.5. The third-order valence-electron chi connectivity index (χ3n) is 4.72. The molecule has 1 heterocycles. The highest BCUT2D eigenvalue weighted by atomic mass is 32.2. The van der Waals surface area contributed by atoms with Gasteiger partial charge in [-0.1, -0.05) is 48.3 Å². The van der Waals surface area contributed by atoms with Crippen LogP contribution in [0.25, 0.3) is 10.4 Å². The van der Waals surface area contributed by atoms with Crippen molar-refractivity contribution in [3.8, 4) is 10.4 Å². The maximum Gasteiger partial charge on any atom is 0.341 e. The number of esters is 1. The van der Waals surface area contributed by atoms with Gasteiger partial charge in [-0.3, -0.25) is 4.79 Å². The van der Waals surface area contributed by atoms with E-state index in [1.54, 1.807) is 13.0 Å². The predicted molar refractivity (Wildman–Crippen MR) is 136 cm³/mol. The summed E-state index contributed by atoms with van der Waals surface area (Å²) in [7, 11) is 1.95. The van der Waals surface area contributed by atoms with Crippen molar-refractivity contribution in [2.24, 2.45) is 0 Å². The summed E-state index contributed by atoms with van der Waals surface area (Å²) in [4.78, 5) is 28.1. The van der Waals surface area contributed by atoms with Crippen molar-refractivity contribution in [1.82, 2.24) is 0 Å². The molecule has 0 aliphatic heterocycles. The van der Waals surface area contributed by atoms with E-state index in [4.69, 9.17) is 4.74 Å². The fourth-order valence-corrected chi connectivity index (χ4v) is 4.53. The van der Waals surface area contributed by atoms with E-state index in [-0.39, 0.29) is 18.9 Å². The molecule has 0 fully saturated rings. The first-order chi connectivity index (χ1) is 15.5. The van der Waals surface area contributed by atoms with Gasteiger partial charge in [-0.15, -0.1) is 11.3 Å². The minimum Gasteiger partial charge on any atom is -0.462 e. The summed E-state index contributed by atoms with van der Waals surface area (Å²) in [6, 6.07) is 19.6. The van der Waals surface area contributed by atoms with Crippen LogP contribution in [0.4, 0.5) is 16.4 Å². The summed E-state index contributed by atoms with van der Waals surface area (Å²) < 4.78 is 8.40. The van der Waals surface area contributed by atoms with Crippen LogP contribution in [-0.2, 0) is 9.53 Å². The number of rotatable bonds is 10. The molecule has 0 aliphatic carbocycles. The second kappa shape index (κ2) is 11.6. The van der Waals surface area contributed by atoms with E-state index in [9.17, 15) is 9.59 Å². The van der Waals surface area contributed by atoms with E-state index in [2.05, 4.69) is 10.0 Å². The quantitative estimate of drug-likeness (QED) is 0.291. The molecular weight excluding hydrogens is 442 g/mol. The first kappa shape index (κ1) is 23.7. The highest BCUT2D eigenvalue weighted by Crippen LogP contribution is 2.36. The van der Waals surface area contributed by atoms with E-state index in [0.717, 1.165) is 21.8 Å². The summed E-state index contributed by atoms with van der Waals surface area (Å²) in [5, 5.41) is 3.43. The van der Waals surface area contributed by atoms with Crippen molar-refractivity contribution in [2.75, 3.05) is 41.4 Å². The molecule has 0 spiro atoms. The molecule has 1 aromatic heterocycles. The fourth-order valence-electron chi connectivity index (χ4n) is 3.10. The molecule has 1 amide bonds. The van der Waals surface area contributed by atoms with E-state index >= 15 is 0 Å². The zero-order valence-corrected chi connectivity index (χ0v) is 20.0. The number of carbonyl (C=O) groups is 2. The van der Waals surface area contributed by atoms with Gasteiger partial charge in [0.2, 0.25) is 5.91 Å². The average molecular weight is 470 g/mol. The second-order valence-electron chi connectivity index (χ2n) is 7.02. The molecule has 2 N–H and O–H groups in total. The van der Waals surface area contributed by atoms with Crippen molar-refractivity contribution < 1.29 is 14.3 Å². The maximum absolute atomic E-state index is 12.7. The molecule has 3 aromatic rings. The van der Waals surface area contributed by atoms with Crippen LogP contribution < -0.4 is 14.9 Å². The topological polar surface area (TPSA) is 70.7 Å². The Labute approximate surface area is 197 Å². The first-order valence-corrected chi connectivity index (χ1v) is 12.3. The van der Waals surface area contributed by atoms with Crippen LogP contribution in [0.1, 0.15) is 23.7 Å². The van der Waals surface area contributed by atoms with Gasteiger partial charge in [0.05, 0.1) is 12.2 Å². The monoisotopic (exact) mass is 469 g/mol. The Morgan fingerprint density at radius 1 is 1.09 bits per heavy atom. The number of carbonyl (C=O) groups excluding carboxylic acids is 2. The lowest BCUT2D eigenvalue weighted by molar-refractivity contribution is -0.116. The summed E-state index contributed by atoms with van der Waals surface area (Å²) in [6.07, 6.45) is 2.26. The largest absolute Gasteiger partial charge is 0.462 e. The molecule has 0 saturated heterocycles. The number of anilines is 3. The van der Waals surface area contributed by atoms with Gasteiger partial charge in [-0.25, -0.2) is 4.79 Å². The number of nitrogens with one attached hydrogen (secondary N) is 2. The van der Waals surface area contributed by atoms with Crippen LogP contribution in [0.3, 0.4) is 0 Å². The van der Waals surface area contributed by atoms with Gasteiger partial charge < -0.3 is 19.7 Å². The van der Waals surface area contributed by atoms with Gasteiger partial charge in [0, 0.05) is 42.5 Å². The number of nitrogens with zero attached hydrogens (tertiary/aromatic N) is 1. The highest BCUT2D eigenvalue weighted by Gasteiger charge is 2.20. The smallest absolute Gasteiger partial charge is 0.341 e. The minimum atomic E-state index is -0.434. The van der Waals surface area contributed by atoms with Gasteiger partial charge in [0.1, 0.15) is 5.00 Å². The molecule has 2 aromatic carbocycles. The molecule has 3 rings (SSSR count). The van der Waals surface area contributed by atoms with E-state index in [1.165, 1.54) is 23.3 Å². The van der Waals surface area contributed by atoms with Crippen molar-refractivity contribution in [3.63, 3.8) is 0 Å². The number of thiophene rings is 1. The van der Waals surface area contributed by atoms with E-state index in [0.29, 0.717) is 17.1 Å². The van der Waals surface area contributed by atoms with Crippen molar-refractivity contribution in [2.45, 2.75) is 13.3 Å². The van der Waals surface area contributed by atoms with Crippen molar-refractivity contribution in [1.29, 1.82) is 0 Å². The summed E-state index contributed by atoms with van der Waals surface area (Å²) in [5.74, 6) is -0.585. The van der Waals surface area contributed by atoms with Crippen LogP contribution in [0.15, 0.2) is 60.7 Å². The van der Waals surface area contributed by atoms with Crippen molar-refractivity contribution >= 4 is 51.5 Å². The van der Waals surface area contributed by atoms with E-state index in [1.807, 2.05) is 72.8 Å². The van der Waals surface area contributed by atoms with Gasteiger partial charge in [-0.05, 0) is 36.8 Å². The number of amides is 1. The molecule has 6 nitrogen and oxygen atoms in total. The Morgan fingerprint density at radius 2 is 1.88 bits per heavy atom. The maximum atomic E-state index is 12.7. The summed E-state index contributed by atoms with van der Waals surface area (Å²) >= 11 is 2.91. The Hall–Kier alpha value is -2.97. The SMILES string of the molecule is CCOC(=O)c1cc(-c2ccccc2)sc1NC(=O)CCN(C)c1cccc(NSC)c1. The van der Waals surface area contributed by atoms with Crippen LogP contribution >= 0.6 is 23.3 Å². The van der Waals surface area contributed by atoms with Crippen LogP contribution in [0.2, 0.25) is 0 Å². The van der Waals surface area contributed by atoms with E-state index < -0.39 is 5.97 Å². The lowest BCUT2D eigenvalue weighted by atomic mass is 10.1. The molecule has 32 heavy (non-hydrogen) atoms. The Kier molecular flexibility index (Phi) is 8.58. The lowest BCUT2D eigenvalue weighted by Gasteiger charge is -2.20. The summed E-state index contributed by atoms with van der Waals surface area (Å²) in [5.41, 5.74) is 3.40. The van der Waals surface area contributed by atoms with Crippen molar-refractivity contribution in [3.05, 3.63) is 66.2 Å². The van der Waals surface area contributed by atoms with Gasteiger partial charge in [0.25, 0.3) is 0 Å². The van der Waals surface area contributed by atoms with Crippen LogP contribution in [0, 0.1) is 0 Å². The molecule has 0 bridgehead atoms. The number of hydrogen-bond acceptors (Lipinski definition) is 7. The molecule has 0 aliphatic rings. The van der Waals surface area contributed by atoms with Gasteiger partial charge in [-0.2, -0.15) is 0 Å². The fraction of sp³-hybridized carbons (Fsp3) is 0.250. The molecule has 0 radical (unpaired) electrons. The predicted octanol–water partition coefficient (Wildman–Crippen LogP) is 5.75. The number of benzene rings is 2. The first-order valence-electron chi connectivity index (χ1n) is 10.3. The standard InChI is InChI=1S/C24H27N3O3S2/c1-4-30-24(29)20-16-21(17-9-6-5-7-10-17)32-23(20)25-22(28)13-14-27(2)19-12-8-11-18(15-19)26-31-3/h5-12,15-16,26H,4,13-14H2,1-3H3,(H,25,28). The molecule has 168 valence electrons. The number of hydrogen-bond donors (Lipinski definition) is 2. The molecule has 0 unspecified atom stereocenters. The van der Waals surface area contributed by atoms with Gasteiger partial charge in [0.15, 0.2) is 0 Å². The summed E-state index contributed by atoms with van der Waals surface area (Å²) in [6.45, 7) is 2.58. The molecule has 0 atom stereocenters. The second-order valence-corrected chi connectivity index (χ2v) is 8.68. The average Bonchev–Trinajstić information content (AvgIpc) is 3.22. The Bertz CT molecular complexity index is 1050.